The van der Waals surface area contributed by atoms with Gasteiger partial charge in [-0.25, -0.2) is 4.98 Å². The smallest absolute Gasteiger partial charge is 0.307 e. The van der Waals surface area contributed by atoms with Crippen LogP contribution in [0.4, 0.5) is 5.13 Å². The number of carboxylic acid groups (broad SMARTS) is 1. The summed E-state index contributed by atoms with van der Waals surface area (Å²) >= 11 is 7.21. The van der Waals surface area contributed by atoms with Crippen LogP contribution in [0.2, 0.25) is 5.02 Å². The van der Waals surface area contributed by atoms with E-state index in [1.54, 1.807) is 12.1 Å². The molecule has 128 valence electrons. The molecule has 1 heterocycles. The summed E-state index contributed by atoms with van der Waals surface area (Å²) in [7, 11) is 0. The zero-order valence-electron chi connectivity index (χ0n) is 13.1. The average Bonchev–Trinajstić information content (AvgIpc) is 3.30. The van der Waals surface area contributed by atoms with Crippen LogP contribution < -0.4 is 5.32 Å². The SMILES string of the molecule is O=C(O)[C@@H]1[C@H](C(=O)Nc2nc(-c3ccc(Cl)cc3)cs2)[C@@H]2C=C[C@H]1C2. The molecule has 2 aliphatic carbocycles. The van der Waals surface area contributed by atoms with Gasteiger partial charge in [-0.1, -0.05) is 35.9 Å². The van der Waals surface area contributed by atoms with Gasteiger partial charge in [-0.2, -0.15) is 0 Å². The number of carbonyl (C=O) groups is 2. The third kappa shape index (κ3) is 2.96. The normalized spacial score (nSPS) is 26.8. The summed E-state index contributed by atoms with van der Waals surface area (Å²) in [5, 5.41) is 15.2. The number of rotatable bonds is 4. The fourth-order valence-electron chi connectivity index (χ4n) is 3.79. The summed E-state index contributed by atoms with van der Waals surface area (Å²) in [5.41, 5.74) is 1.66. The Bertz CT molecular complexity index is 861. The van der Waals surface area contributed by atoms with Gasteiger partial charge in [0.15, 0.2) is 5.13 Å². The highest BCUT2D eigenvalue weighted by Crippen LogP contribution is 2.48. The average molecular weight is 375 g/mol. The highest BCUT2D eigenvalue weighted by molar-refractivity contribution is 7.14. The number of hydrogen-bond acceptors (Lipinski definition) is 4. The van der Waals surface area contributed by atoms with Gasteiger partial charge in [-0.3, -0.25) is 9.59 Å². The second-order valence-corrected chi connectivity index (χ2v) is 7.67. The number of thiazole rings is 1. The first-order valence-corrected chi connectivity index (χ1v) is 9.22. The largest absolute Gasteiger partial charge is 0.481 e. The second-order valence-electron chi connectivity index (χ2n) is 6.37. The molecule has 2 N–H and O–H groups in total. The molecule has 0 saturated heterocycles. The molecule has 4 rings (SSSR count). The number of anilines is 1. The van der Waals surface area contributed by atoms with Crippen molar-refractivity contribution in [2.45, 2.75) is 6.42 Å². The molecule has 7 heteroatoms. The summed E-state index contributed by atoms with van der Waals surface area (Å²) in [6, 6.07) is 7.30. The number of benzene rings is 1. The molecule has 0 radical (unpaired) electrons. The fourth-order valence-corrected chi connectivity index (χ4v) is 4.64. The van der Waals surface area contributed by atoms with Crippen LogP contribution >= 0.6 is 22.9 Å². The van der Waals surface area contributed by atoms with Crippen molar-refractivity contribution in [2.24, 2.45) is 23.7 Å². The number of fused-ring (bicyclic) bond motifs is 2. The number of carboxylic acids is 1. The van der Waals surface area contributed by atoms with E-state index in [1.165, 1.54) is 11.3 Å². The molecule has 1 aromatic carbocycles. The van der Waals surface area contributed by atoms with E-state index >= 15 is 0 Å². The van der Waals surface area contributed by atoms with Gasteiger partial charge >= 0.3 is 5.97 Å². The van der Waals surface area contributed by atoms with Crippen molar-refractivity contribution in [3.8, 4) is 11.3 Å². The first kappa shape index (κ1) is 16.3. The molecule has 1 amide bonds. The van der Waals surface area contributed by atoms with Gasteiger partial charge < -0.3 is 10.4 Å². The van der Waals surface area contributed by atoms with Crippen molar-refractivity contribution in [3.05, 3.63) is 46.8 Å². The van der Waals surface area contributed by atoms with E-state index < -0.39 is 17.8 Å². The van der Waals surface area contributed by atoms with Gasteiger partial charge in [0.25, 0.3) is 0 Å². The van der Waals surface area contributed by atoms with E-state index in [-0.39, 0.29) is 17.7 Å². The van der Waals surface area contributed by atoms with Crippen molar-refractivity contribution >= 4 is 39.9 Å². The standard InChI is InChI=1S/C18H15ClN2O3S/c19-12-5-3-9(4-6-12)13-8-25-18(20-13)21-16(22)14-10-1-2-11(7-10)15(14)17(23)24/h1-6,8,10-11,14-15H,7H2,(H,23,24)(H,20,21,22)/t10-,11+,14-,15+/m1/s1. The lowest BCUT2D eigenvalue weighted by Gasteiger charge is -2.23. The molecule has 1 saturated carbocycles. The summed E-state index contributed by atoms with van der Waals surface area (Å²) in [6.45, 7) is 0. The van der Waals surface area contributed by atoms with Crippen LogP contribution in [0.3, 0.4) is 0 Å². The predicted molar refractivity (Wildman–Crippen MR) is 96.5 cm³/mol. The van der Waals surface area contributed by atoms with Gasteiger partial charge in [-0.05, 0) is 30.4 Å². The molecule has 4 atom stereocenters. The highest BCUT2D eigenvalue weighted by atomic mass is 35.5. The van der Waals surface area contributed by atoms with Crippen molar-refractivity contribution in [2.75, 3.05) is 5.32 Å². The van der Waals surface area contributed by atoms with E-state index in [9.17, 15) is 14.7 Å². The summed E-state index contributed by atoms with van der Waals surface area (Å²) in [6.07, 6.45) is 4.63. The third-order valence-electron chi connectivity index (χ3n) is 4.92. The Hall–Kier alpha value is -2.18. The first-order chi connectivity index (χ1) is 12.0. The molecule has 1 fully saturated rings. The molecule has 2 aliphatic rings. The predicted octanol–water partition coefficient (Wildman–Crippen LogP) is 3.92. The molecule has 2 aromatic rings. The van der Waals surface area contributed by atoms with Gasteiger partial charge in [0, 0.05) is 16.0 Å². The molecule has 0 spiro atoms. The number of aromatic nitrogens is 1. The Kier molecular flexibility index (Phi) is 4.09. The van der Waals surface area contributed by atoms with Gasteiger partial charge in [0.05, 0.1) is 17.5 Å². The quantitative estimate of drug-likeness (QED) is 0.795. The van der Waals surface area contributed by atoms with E-state index in [2.05, 4.69) is 10.3 Å². The lowest BCUT2D eigenvalue weighted by atomic mass is 9.82. The van der Waals surface area contributed by atoms with Crippen LogP contribution in [-0.4, -0.2) is 22.0 Å². The number of carbonyl (C=O) groups excluding carboxylic acids is 1. The summed E-state index contributed by atoms with van der Waals surface area (Å²) < 4.78 is 0. The number of hydrogen-bond donors (Lipinski definition) is 2. The second kappa shape index (κ2) is 6.28. The van der Waals surface area contributed by atoms with Crippen molar-refractivity contribution in [1.82, 2.24) is 4.98 Å². The molecule has 2 bridgehead atoms. The van der Waals surface area contributed by atoms with Crippen molar-refractivity contribution in [3.63, 3.8) is 0 Å². The highest BCUT2D eigenvalue weighted by Gasteiger charge is 2.51. The number of aliphatic carboxylic acids is 1. The zero-order chi connectivity index (χ0) is 17.6. The molecule has 25 heavy (non-hydrogen) atoms. The summed E-state index contributed by atoms with van der Waals surface area (Å²) in [5.74, 6) is -2.39. The number of nitrogens with one attached hydrogen (secondary N) is 1. The van der Waals surface area contributed by atoms with Gasteiger partial charge in [0.2, 0.25) is 5.91 Å². The van der Waals surface area contributed by atoms with E-state index in [0.29, 0.717) is 10.2 Å². The lowest BCUT2D eigenvalue weighted by Crippen LogP contribution is -2.36. The van der Waals surface area contributed by atoms with Crippen LogP contribution in [0.5, 0.6) is 0 Å². The van der Waals surface area contributed by atoms with Crippen LogP contribution in [0.15, 0.2) is 41.8 Å². The monoisotopic (exact) mass is 374 g/mol. The Balaban J connectivity index is 1.51. The molecular formula is C18H15ClN2O3S. The maximum absolute atomic E-state index is 12.7. The first-order valence-electron chi connectivity index (χ1n) is 7.96. The Morgan fingerprint density at radius 3 is 2.52 bits per heavy atom. The molecule has 5 nitrogen and oxygen atoms in total. The fraction of sp³-hybridized carbons (Fsp3) is 0.278. The number of halogens is 1. The number of amides is 1. The van der Waals surface area contributed by atoms with Gasteiger partial charge in [0.1, 0.15) is 0 Å². The molecular weight excluding hydrogens is 360 g/mol. The number of allylic oxidation sites excluding steroid dienone is 2. The molecule has 0 aliphatic heterocycles. The maximum Gasteiger partial charge on any atom is 0.307 e. The summed E-state index contributed by atoms with van der Waals surface area (Å²) in [4.78, 5) is 28.6. The van der Waals surface area contributed by atoms with Crippen LogP contribution in [0.1, 0.15) is 6.42 Å². The third-order valence-corrected chi connectivity index (χ3v) is 5.93. The Morgan fingerprint density at radius 1 is 1.16 bits per heavy atom. The molecule has 0 unspecified atom stereocenters. The number of nitrogens with zero attached hydrogens (tertiary/aromatic N) is 1. The zero-order valence-corrected chi connectivity index (χ0v) is 14.6. The van der Waals surface area contributed by atoms with Crippen LogP contribution in [0, 0.1) is 23.7 Å². The maximum atomic E-state index is 12.7. The van der Waals surface area contributed by atoms with E-state index in [0.717, 1.165) is 17.7 Å². The van der Waals surface area contributed by atoms with E-state index in [1.807, 2.05) is 29.7 Å². The minimum absolute atomic E-state index is 0.00166. The topological polar surface area (TPSA) is 79.3 Å². The van der Waals surface area contributed by atoms with Crippen molar-refractivity contribution in [1.29, 1.82) is 0 Å². The van der Waals surface area contributed by atoms with Crippen LogP contribution in [-0.2, 0) is 9.59 Å². The Labute approximate surface area is 153 Å². The van der Waals surface area contributed by atoms with Gasteiger partial charge in [-0.15, -0.1) is 11.3 Å². The Morgan fingerprint density at radius 2 is 1.84 bits per heavy atom. The van der Waals surface area contributed by atoms with Crippen LogP contribution in [0.25, 0.3) is 11.3 Å². The van der Waals surface area contributed by atoms with Crippen molar-refractivity contribution < 1.29 is 14.7 Å². The minimum Gasteiger partial charge on any atom is -0.481 e. The minimum atomic E-state index is -0.905. The molecule has 1 aromatic heterocycles. The lowest BCUT2D eigenvalue weighted by molar-refractivity contribution is -0.146. The van der Waals surface area contributed by atoms with E-state index in [4.69, 9.17) is 11.6 Å².